The highest BCUT2D eigenvalue weighted by molar-refractivity contribution is 7.10. The summed E-state index contributed by atoms with van der Waals surface area (Å²) in [5, 5.41) is 11.2. The summed E-state index contributed by atoms with van der Waals surface area (Å²) in [6, 6.07) is 4.55. The van der Waals surface area contributed by atoms with Crippen molar-refractivity contribution in [3.63, 3.8) is 0 Å². The number of fused-ring (bicyclic) bond motifs is 1. The molecule has 1 amide bonds. The van der Waals surface area contributed by atoms with Gasteiger partial charge < -0.3 is 10.6 Å². The normalized spacial score (nSPS) is 18.8. The number of halogens is 4. The van der Waals surface area contributed by atoms with Crippen molar-refractivity contribution >= 4 is 34.7 Å². The van der Waals surface area contributed by atoms with E-state index in [1.165, 1.54) is 11.3 Å². The number of alkyl halides is 3. The summed E-state index contributed by atoms with van der Waals surface area (Å²) in [6.07, 6.45) is -1.61. The van der Waals surface area contributed by atoms with Crippen molar-refractivity contribution in [2.45, 2.75) is 31.2 Å². The van der Waals surface area contributed by atoms with Crippen LogP contribution in [0.2, 0.25) is 5.02 Å². The molecule has 0 saturated heterocycles. The highest BCUT2D eigenvalue weighted by Gasteiger charge is 2.48. The number of thiophene rings is 1. The molecule has 0 aromatic carbocycles. The van der Waals surface area contributed by atoms with Gasteiger partial charge in [-0.25, -0.2) is 4.68 Å². The number of carbonyl (C=O) groups excluding carboxylic acids is 1. The lowest BCUT2D eigenvalue weighted by molar-refractivity contribution is -0.173. The van der Waals surface area contributed by atoms with Crippen molar-refractivity contribution in [3.05, 3.63) is 63.2 Å². The fourth-order valence-electron chi connectivity index (χ4n) is 3.18. The van der Waals surface area contributed by atoms with Crippen LogP contribution in [0.1, 0.15) is 39.4 Å². The Morgan fingerprint density at radius 1 is 1.38 bits per heavy atom. The van der Waals surface area contributed by atoms with Crippen molar-refractivity contribution < 1.29 is 18.0 Å². The topological polar surface area (TPSA) is 71.8 Å². The van der Waals surface area contributed by atoms with Gasteiger partial charge >= 0.3 is 6.18 Å². The maximum atomic E-state index is 13.7. The van der Waals surface area contributed by atoms with Crippen molar-refractivity contribution in [2.24, 2.45) is 0 Å². The maximum Gasteiger partial charge on any atom is 0.410 e. The van der Waals surface area contributed by atoms with Crippen molar-refractivity contribution in [1.29, 1.82) is 0 Å². The van der Waals surface area contributed by atoms with Crippen molar-refractivity contribution in [1.82, 2.24) is 20.1 Å². The molecule has 0 spiro atoms. The van der Waals surface area contributed by atoms with E-state index in [1.54, 1.807) is 42.0 Å². The zero-order chi connectivity index (χ0) is 20.6. The van der Waals surface area contributed by atoms with Gasteiger partial charge in [0.05, 0.1) is 6.04 Å². The third-order valence-electron chi connectivity index (χ3n) is 4.57. The van der Waals surface area contributed by atoms with Gasteiger partial charge in [-0.15, -0.1) is 11.3 Å². The molecule has 2 atom stereocenters. The Kier molecular flexibility index (Phi) is 5.22. The van der Waals surface area contributed by atoms with Gasteiger partial charge in [-0.1, -0.05) is 23.7 Å². The van der Waals surface area contributed by atoms with Crippen LogP contribution in [-0.4, -0.2) is 26.8 Å². The predicted octanol–water partition coefficient (Wildman–Crippen LogP) is 4.58. The van der Waals surface area contributed by atoms with E-state index in [4.69, 9.17) is 11.6 Å². The number of nitrogens with one attached hydrogen (secondary N) is 2. The molecule has 1 aliphatic rings. The molecule has 3 aromatic heterocycles. The van der Waals surface area contributed by atoms with Gasteiger partial charge in [-0.2, -0.15) is 18.3 Å². The Balaban J connectivity index is 1.63. The molecule has 0 unspecified atom stereocenters. The number of anilines is 1. The predicted molar refractivity (Wildman–Crippen MR) is 103 cm³/mol. The van der Waals surface area contributed by atoms with Crippen LogP contribution in [0.5, 0.6) is 0 Å². The van der Waals surface area contributed by atoms with Gasteiger partial charge in [0.1, 0.15) is 10.8 Å². The third kappa shape index (κ3) is 3.95. The second-order valence-corrected chi connectivity index (χ2v) is 7.86. The molecular weight excluding hydrogens is 427 g/mol. The molecule has 6 nitrogen and oxygen atoms in total. The number of carbonyl (C=O) groups is 1. The zero-order valence-electron chi connectivity index (χ0n) is 14.8. The summed E-state index contributed by atoms with van der Waals surface area (Å²) in [6.45, 7) is 0.152. The van der Waals surface area contributed by atoms with E-state index in [2.05, 4.69) is 20.7 Å². The first-order valence-electron chi connectivity index (χ1n) is 8.66. The van der Waals surface area contributed by atoms with Crippen LogP contribution < -0.4 is 10.6 Å². The summed E-state index contributed by atoms with van der Waals surface area (Å²) in [7, 11) is 0. The van der Waals surface area contributed by atoms with E-state index < -0.39 is 24.2 Å². The lowest BCUT2D eigenvalue weighted by Crippen LogP contribution is -2.35. The van der Waals surface area contributed by atoms with Crippen LogP contribution in [-0.2, 0) is 6.54 Å². The van der Waals surface area contributed by atoms with E-state index in [1.807, 2.05) is 0 Å². The highest BCUT2D eigenvalue weighted by Crippen LogP contribution is 2.46. The van der Waals surface area contributed by atoms with Gasteiger partial charge in [-0.05, 0) is 23.1 Å². The summed E-state index contributed by atoms with van der Waals surface area (Å²) in [5.74, 6) is -0.665. The van der Waals surface area contributed by atoms with Crippen LogP contribution in [0, 0.1) is 0 Å². The molecule has 152 valence electrons. The number of rotatable bonds is 4. The average molecular weight is 442 g/mol. The summed E-state index contributed by atoms with van der Waals surface area (Å²) in [4.78, 5) is 17.2. The van der Waals surface area contributed by atoms with Gasteiger partial charge in [0.2, 0.25) is 0 Å². The standard InChI is InChI=1S/C18H15ClF3N5OS/c19-14-15(17(28)24-9-10-3-1-5-23-8-10)26-27-13(18(20,21)22)7-11(25-16(14)27)12-4-2-6-29-12/h1-6,8,11,13,25H,7,9H2,(H,24,28)/t11-,13-/m0/s1. The molecule has 4 heterocycles. The Morgan fingerprint density at radius 2 is 2.21 bits per heavy atom. The molecule has 0 bridgehead atoms. The zero-order valence-corrected chi connectivity index (χ0v) is 16.4. The number of hydrogen-bond acceptors (Lipinski definition) is 5. The van der Waals surface area contributed by atoms with Crippen LogP contribution in [0.15, 0.2) is 42.0 Å². The number of hydrogen-bond donors (Lipinski definition) is 2. The van der Waals surface area contributed by atoms with Gasteiger partial charge in [-0.3, -0.25) is 9.78 Å². The van der Waals surface area contributed by atoms with Crippen LogP contribution in [0.25, 0.3) is 0 Å². The SMILES string of the molecule is O=C(NCc1cccnc1)c1nn2c(c1Cl)N[C@H](c1cccs1)C[C@H]2C(F)(F)F. The van der Waals surface area contributed by atoms with Gasteiger partial charge in [0.15, 0.2) is 11.7 Å². The number of pyridine rings is 1. The molecule has 4 rings (SSSR count). The minimum atomic E-state index is -4.54. The molecule has 1 aliphatic heterocycles. The number of amides is 1. The minimum absolute atomic E-state index is 0.00910. The second kappa shape index (κ2) is 7.68. The summed E-state index contributed by atoms with van der Waals surface area (Å²) >= 11 is 7.63. The molecule has 0 aliphatic carbocycles. The fraction of sp³-hybridized carbons (Fsp3) is 0.278. The summed E-state index contributed by atoms with van der Waals surface area (Å²) < 4.78 is 41.9. The van der Waals surface area contributed by atoms with Crippen LogP contribution in [0.3, 0.4) is 0 Å². The Morgan fingerprint density at radius 3 is 2.86 bits per heavy atom. The Bertz CT molecular complexity index is 1010. The van der Waals surface area contributed by atoms with Gasteiger partial charge in [0, 0.05) is 30.2 Å². The molecule has 2 N–H and O–H groups in total. The van der Waals surface area contributed by atoms with E-state index >= 15 is 0 Å². The molecule has 0 fully saturated rings. The van der Waals surface area contributed by atoms with Crippen LogP contribution in [0.4, 0.5) is 19.0 Å². The Labute approximate surface area is 172 Å². The number of nitrogens with zero attached hydrogens (tertiary/aromatic N) is 3. The fourth-order valence-corrected chi connectivity index (χ4v) is 4.23. The van der Waals surface area contributed by atoms with E-state index in [-0.39, 0.29) is 29.5 Å². The summed E-state index contributed by atoms with van der Waals surface area (Å²) in [5.41, 5.74) is 0.490. The maximum absolute atomic E-state index is 13.7. The van der Waals surface area contributed by atoms with E-state index in [9.17, 15) is 18.0 Å². The van der Waals surface area contributed by atoms with Crippen molar-refractivity contribution in [3.8, 4) is 0 Å². The van der Waals surface area contributed by atoms with E-state index in [0.717, 1.165) is 15.1 Å². The smallest absolute Gasteiger partial charge is 0.361 e. The first kappa shape index (κ1) is 19.7. The molecule has 11 heteroatoms. The molecular formula is C18H15ClF3N5OS. The first-order chi connectivity index (χ1) is 13.8. The molecule has 0 radical (unpaired) electrons. The quantitative estimate of drug-likeness (QED) is 0.621. The van der Waals surface area contributed by atoms with Crippen molar-refractivity contribution in [2.75, 3.05) is 5.32 Å². The molecule has 29 heavy (non-hydrogen) atoms. The first-order valence-corrected chi connectivity index (χ1v) is 9.92. The lowest BCUT2D eigenvalue weighted by Gasteiger charge is -2.32. The largest absolute Gasteiger partial charge is 0.410 e. The molecule has 3 aromatic rings. The molecule has 0 saturated carbocycles. The van der Waals surface area contributed by atoms with Crippen LogP contribution >= 0.6 is 22.9 Å². The third-order valence-corrected chi connectivity index (χ3v) is 5.92. The van der Waals surface area contributed by atoms with Gasteiger partial charge in [0.25, 0.3) is 5.91 Å². The van der Waals surface area contributed by atoms with E-state index in [0.29, 0.717) is 0 Å². The monoisotopic (exact) mass is 441 g/mol. The highest BCUT2D eigenvalue weighted by atomic mass is 35.5. The number of aromatic nitrogens is 3. The average Bonchev–Trinajstić information content (AvgIpc) is 3.34. The Hall–Kier alpha value is -2.59. The minimum Gasteiger partial charge on any atom is -0.361 e. The second-order valence-electron chi connectivity index (χ2n) is 6.51. The lowest BCUT2D eigenvalue weighted by atomic mass is 10.0.